The van der Waals surface area contributed by atoms with E-state index < -0.39 is 5.97 Å². The summed E-state index contributed by atoms with van der Waals surface area (Å²) in [6, 6.07) is 5.55. The van der Waals surface area contributed by atoms with Crippen molar-refractivity contribution in [3.8, 4) is 6.07 Å². The highest BCUT2D eigenvalue weighted by atomic mass is 79.9. The summed E-state index contributed by atoms with van der Waals surface area (Å²) < 4.78 is 0.719. The van der Waals surface area contributed by atoms with Crippen LogP contribution in [0.5, 0.6) is 0 Å². The van der Waals surface area contributed by atoms with Gasteiger partial charge in [0.05, 0.1) is 12.0 Å². The van der Waals surface area contributed by atoms with E-state index in [0.29, 0.717) is 17.5 Å². The smallest absolute Gasteiger partial charge is 0.307 e. The molecule has 0 spiro atoms. The van der Waals surface area contributed by atoms with Gasteiger partial charge in [-0.05, 0) is 39.5 Å². The van der Waals surface area contributed by atoms with Gasteiger partial charge in [0, 0.05) is 4.47 Å². The molecular weight excluding hydrogens is 258 g/mol. The summed E-state index contributed by atoms with van der Waals surface area (Å²) in [5.74, 6) is -0.879. The molecule has 0 bridgehead atoms. The lowest BCUT2D eigenvalue weighted by molar-refractivity contribution is -0.136. The van der Waals surface area contributed by atoms with E-state index in [0.717, 1.165) is 10.0 Å². The van der Waals surface area contributed by atoms with Gasteiger partial charge in [0.25, 0.3) is 0 Å². The van der Waals surface area contributed by atoms with E-state index in [1.54, 1.807) is 12.1 Å². The van der Waals surface area contributed by atoms with E-state index >= 15 is 0 Å². The van der Waals surface area contributed by atoms with Gasteiger partial charge in [-0.15, -0.1) is 0 Å². The van der Waals surface area contributed by atoms with Gasteiger partial charge < -0.3 is 5.11 Å². The van der Waals surface area contributed by atoms with Crippen LogP contribution in [0.4, 0.5) is 0 Å². The van der Waals surface area contributed by atoms with E-state index in [1.807, 2.05) is 6.92 Å². The molecule has 0 radical (unpaired) electrons. The zero-order chi connectivity index (χ0) is 11.4. The monoisotopic (exact) mass is 267 g/mol. The SMILES string of the molecule is CCc1c(CC(=O)O)ccc(Br)c1C#N. The molecule has 0 aliphatic heterocycles. The molecule has 0 saturated carbocycles. The van der Waals surface area contributed by atoms with Gasteiger partial charge in [0.1, 0.15) is 6.07 Å². The van der Waals surface area contributed by atoms with Crippen LogP contribution in [0, 0.1) is 11.3 Å². The highest BCUT2D eigenvalue weighted by Gasteiger charge is 2.12. The Labute approximate surface area is 96.5 Å². The van der Waals surface area contributed by atoms with Gasteiger partial charge in [-0.1, -0.05) is 13.0 Å². The van der Waals surface area contributed by atoms with E-state index in [-0.39, 0.29) is 6.42 Å². The quantitative estimate of drug-likeness (QED) is 0.916. The average molecular weight is 268 g/mol. The number of benzene rings is 1. The maximum absolute atomic E-state index is 10.6. The molecule has 0 aliphatic rings. The first-order chi connectivity index (χ1) is 7.10. The molecule has 0 heterocycles. The van der Waals surface area contributed by atoms with Crippen molar-refractivity contribution in [1.29, 1.82) is 5.26 Å². The number of carboxylic acid groups (broad SMARTS) is 1. The van der Waals surface area contributed by atoms with Crippen LogP contribution in [0.15, 0.2) is 16.6 Å². The molecule has 1 N–H and O–H groups in total. The molecule has 4 heteroatoms. The van der Waals surface area contributed by atoms with Crippen LogP contribution < -0.4 is 0 Å². The number of carbonyl (C=O) groups is 1. The summed E-state index contributed by atoms with van der Waals surface area (Å²) in [6.07, 6.45) is 0.621. The lowest BCUT2D eigenvalue weighted by Gasteiger charge is -2.08. The van der Waals surface area contributed by atoms with Gasteiger partial charge in [-0.25, -0.2) is 0 Å². The second kappa shape index (κ2) is 4.94. The van der Waals surface area contributed by atoms with Crippen molar-refractivity contribution in [1.82, 2.24) is 0 Å². The Morgan fingerprint density at radius 2 is 2.27 bits per heavy atom. The first-order valence-electron chi connectivity index (χ1n) is 4.52. The fourth-order valence-electron chi connectivity index (χ4n) is 1.52. The first-order valence-corrected chi connectivity index (χ1v) is 5.31. The zero-order valence-electron chi connectivity index (χ0n) is 8.25. The van der Waals surface area contributed by atoms with Crippen molar-refractivity contribution in [2.45, 2.75) is 19.8 Å². The third-order valence-corrected chi connectivity index (χ3v) is 2.83. The van der Waals surface area contributed by atoms with Crippen LogP contribution in [0.2, 0.25) is 0 Å². The van der Waals surface area contributed by atoms with Crippen LogP contribution in [-0.4, -0.2) is 11.1 Å². The van der Waals surface area contributed by atoms with Gasteiger partial charge in [0.15, 0.2) is 0 Å². The Hall–Kier alpha value is -1.34. The van der Waals surface area contributed by atoms with Gasteiger partial charge in [-0.3, -0.25) is 4.79 Å². The zero-order valence-corrected chi connectivity index (χ0v) is 9.84. The molecule has 0 amide bonds. The normalized spacial score (nSPS) is 9.67. The van der Waals surface area contributed by atoms with Gasteiger partial charge in [0.2, 0.25) is 0 Å². The minimum atomic E-state index is -0.879. The van der Waals surface area contributed by atoms with Crippen molar-refractivity contribution < 1.29 is 9.90 Å². The Morgan fingerprint density at radius 1 is 1.60 bits per heavy atom. The number of nitrogens with zero attached hydrogens (tertiary/aromatic N) is 1. The fourth-order valence-corrected chi connectivity index (χ4v) is 1.98. The van der Waals surface area contributed by atoms with Crippen molar-refractivity contribution in [3.05, 3.63) is 33.3 Å². The number of carboxylic acids is 1. The third-order valence-electron chi connectivity index (χ3n) is 2.17. The van der Waals surface area contributed by atoms with Crippen molar-refractivity contribution in [2.75, 3.05) is 0 Å². The number of rotatable bonds is 3. The molecule has 78 valence electrons. The molecule has 0 fully saturated rings. The maximum Gasteiger partial charge on any atom is 0.307 e. The highest BCUT2D eigenvalue weighted by molar-refractivity contribution is 9.10. The summed E-state index contributed by atoms with van der Waals surface area (Å²) >= 11 is 3.28. The van der Waals surface area contributed by atoms with Crippen LogP contribution in [0.1, 0.15) is 23.6 Å². The first kappa shape index (κ1) is 11.7. The molecule has 15 heavy (non-hydrogen) atoms. The Kier molecular flexibility index (Phi) is 3.87. The third kappa shape index (κ3) is 2.57. The summed E-state index contributed by atoms with van der Waals surface area (Å²) in [5.41, 5.74) is 2.07. The lowest BCUT2D eigenvalue weighted by Crippen LogP contribution is -2.05. The predicted molar refractivity (Wildman–Crippen MR) is 59.6 cm³/mol. The molecular formula is C11H10BrNO2. The second-order valence-corrected chi connectivity index (χ2v) is 3.95. The van der Waals surface area contributed by atoms with Crippen LogP contribution >= 0.6 is 15.9 Å². The maximum atomic E-state index is 10.6. The largest absolute Gasteiger partial charge is 0.481 e. The van der Waals surface area contributed by atoms with Crippen LogP contribution in [-0.2, 0) is 17.6 Å². The molecule has 0 saturated heterocycles. The number of halogens is 1. The Balaban J connectivity index is 3.30. The Morgan fingerprint density at radius 3 is 2.73 bits per heavy atom. The predicted octanol–water partition coefficient (Wildman–Crippen LogP) is 2.51. The number of aliphatic carboxylic acids is 1. The van der Waals surface area contributed by atoms with E-state index in [9.17, 15) is 4.79 Å². The van der Waals surface area contributed by atoms with Crippen molar-refractivity contribution >= 4 is 21.9 Å². The highest BCUT2D eigenvalue weighted by Crippen LogP contribution is 2.24. The van der Waals surface area contributed by atoms with Crippen molar-refractivity contribution in [2.24, 2.45) is 0 Å². The number of nitriles is 1. The van der Waals surface area contributed by atoms with E-state index in [1.165, 1.54) is 0 Å². The fraction of sp³-hybridized carbons (Fsp3) is 0.273. The number of hydrogen-bond donors (Lipinski definition) is 1. The molecule has 3 nitrogen and oxygen atoms in total. The second-order valence-electron chi connectivity index (χ2n) is 3.10. The van der Waals surface area contributed by atoms with Gasteiger partial charge >= 0.3 is 5.97 Å². The van der Waals surface area contributed by atoms with E-state index in [2.05, 4.69) is 22.0 Å². The van der Waals surface area contributed by atoms with Gasteiger partial charge in [-0.2, -0.15) is 5.26 Å². The molecule has 0 aromatic heterocycles. The topological polar surface area (TPSA) is 61.1 Å². The molecule has 1 aromatic rings. The minimum Gasteiger partial charge on any atom is -0.481 e. The summed E-state index contributed by atoms with van der Waals surface area (Å²) in [5, 5.41) is 17.7. The van der Waals surface area contributed by atoms with Crippen LogP contribution in [0.25, 0.3) is 0 Å². The molecule has 0 atom stereocenters. The molecule has 1 rings (SSSR count). The lowest BCUT2D eigenvalue weighted by atomic mass is 9.97. The summed E-state index contributed by atoms with van der Waals surface area (Å²) in [4.78, 5) is 10.6. The molecule has 1 aromatic carbocycles. The molecule has 0 aliphatic carbocycles. The standard InChI is InChI=1S/C11H10BrNO2/c1-2-8-7(5-11(14)15)3-4-10(12)9(8)6-13/h3-4H,2,5H2,1H3,(H,14,15). The van der Waals surface area contributed by atoms with Crippen molar-refractivity contribution in [3.63, 3.8) is 0 Å². The average Bonchev–Trinajstić information content (AvgIpc) is 2.19. The number of hydrogen-bond acceptors (Lipinski definition) is 2. The Bertz CT molecular complexity index is 435. The summed E-state index contributed by atoms with van der Waals surface area (Å²) in [7, 11) is 0. The summed E-state index contributed by atoms with van der Waals surface area (Å²) in [6.45, 7) is 1.91. The van der Waals surface area contributed by atoms with Crippen LogP contribution in [0.3, 0.4) is 0 Å². The van der Waals surface area contributed by atoms with E-state index in [4.69, 9.17) is 10.4 Å². The minimum absolute atomic E-state index is 0.0366. The molecule has 0 unspecified atom stereocenters.